The monoisotopic (exact) mass is 214 g/mol. The summed E-state index contributed by atoms with van der Waals surface area (Å²) < 4.78 is 46.9. The van der Waals surface area contributed by atoms with E-state index < -0.39 is 37.6 Å². The predicted octanol–water partition coefficient (Wildman–Crippen LogP) is 0.627. The van der Waals surface area contributed by atoms with Crippen LogP contribution >= 0.6 is 0 Å². The number of alkyl halides is 3. The maximum atomic E-state index is 11.6. The molecule has 1 rings (SSSR count). The van der Waals surface area contributed by atoms with Gasteiger partial charge in [0.05, 0.1) is 0 Å². The lowest BCUT2D eigenvalue weighted by Gasteiger charge is -2.09. The fourth-order valence-electron chi connectivity index (χ4n) is 0.690. The number of ether oxygens (including phenoxy) is 3. The van der Waals surface area contributed by atoms with Gasteiger partial charge in [0.15, 0.2) is 6.61 Å². The normalized spacial score (nSPS) is 21.4. The summed E-state index contributed by atoms with van der Waals surface area (Å²) in [7, 11) is 0. The Labute approximate surface area is 75.7 Å². The molecule has 1 saturated heterocycles. The standard InChI is InChI=1S/C6H5F3O5/c7-6(8,9)2-13-4(10)3-1-12-5(11)14-3/h3H,1-2H2. The van der Waals surface area contributed by atoms with Gasteiger partial charge in [-0.15, -0.1) is 0 Å². The third-order valence-corrected chi connectivity index (χ3v) is 1.23. The largest absolute Gasteiger partial charge is 0.509 e. The molecule has 1 aliphatic heterocycles. The Hall–Kier alpha value is -1.47. The summed E-state index contributed by atoms with van der Waals surface area (Å²) in [5.74, 6) is -1.27. The minimum Gasteiger partial charge on any atom is -0.453 e. The van der Waals surface area contributed by atoms with E-state index in [1.54, 1.807) is 0 Å². The summed E-state index contributed by atoms with van der Waals surface area (Å²) in [5, 5.41) is 0. The number of halogens is 3. The number of esters is 1. The van der Waals surface area contributed by atoms with Crippen molar-refractivity contribution in [2.45, 2.75) is 12.3 Å². The Morgan fingerprint density at radius 3 is 2.64 bits per heavy atom. The van der Waals surface area contributed by atoms with Crippen LogP contribution in [0.2, 0.25) is 0 Å². The van der Waals surface area contributed by atoms with Gasteiger partial charge in [0.2, 0.25) is 6.10 Å². The molecule has 5 nitrogen and oxygen atoms in total. The molecule has 1 fully saturated rings. The topological polar surface area (TPSA) is 61.8 Å². The van der Waals surface area contributed by atoms with Crippen molar-refractivity contribution < 1.29 is 37.0 Å². The molecule has 14 heavy (non-hydrogen) atoms. The van der Waals surface area contributed by atoms with Gasteiger partial charge in [-0.2, -0.15) is 13.2 Å². The first-order chi connectivity index (χ1) is 6.38. The summed E-state index contributed by atoms with van der Waals surface area (Å²) in [6.45, 7) is -2.13. The fraction of sp³-hybridized carbons (Fsp3) is 0.667. The highest BCUT2D eigenvalue weighted by molar-refractivity contribution is 5.79. The zero-order valence-corrected chi connectivity index (χ0v) is 6.67. The summed E-state index contributed by atoms with van der Waals surface area (Å²) in [6.07, 6.45) is -7.09. The zero-order valence-electron chi connectivity index (χ0n) is 6.67. The molecular weight excluding hydrogens is 209 g/mol. The van der Waals surface area contributed by atoms with Crippen LogP contribution in [-0.4, -0.2) is 37.6 Å². The molecule has 0 aliphatic carbocycles. The van der Waals surface area contributed by atoms with Crippen LogP contribution in [0.15, 0.2) is 0 Å². The van der Waals surface area contributed by atoms with Crippen molar-refractivity contribution in [2.75, 3.05) is 13.2 Å². The fourth-order valence-corrected chi connectivity index (χ4v) is 0.690. The summed E-state index contributed by atoms with van der Waals surface area (Å²) in [4.78, 5) is 21.0. The molecule has 80 valence electrons. The van der Waals surface area contributed by atoms with E-state index in [-0.39, 0.29) is 0 Å². The molecule has 8 heteroatoms. The molecule has 0 saturated carbocycles. The highest BCUT2D eigenvalue weighted by Crippen LogP contribution is 2.16. The first-order valence-corrected chi connectivity index (χ1v) is 3.45. The van der Waals surface area contributed by atoms with E-state index in [4.69, 9.17) is 0 Å². The summed E-state index contributed by atoms with van der Waals surface area (Å²) in [6, 6.07) is 0. The second kappa shape index (κ2) is 3.72. The lowest BCUT2D eigenvalue weighted by Crippen LogP contribution is -2.29. The quantitative estimate of drug-likeness (QED) is 0.631. The van der Waals surface area contributed by atoms with E-state index in [1.807, 2.05) is 0 Å². The van der Waals surface area contributed by atoms with E-state index in [9.17, 15) is 22.8 Å². The van der Waals surface area contributed by atoms with Crippen LogP contribution in [0.3, 0.4) is 0 Å². The average molecular weight is 214 g/mol. The van der Waals surface area contributed by atoms with Gasteiger partial charge in [0, 0.05) is 0 Å². The molecule has 1 unspecified atom stereocenters. The Kier molecular flexibility index (Phi) is 2.82. The van der Waals surface area contributed by atoms with Gasteiger partial charge >= 0.3 is 18.3 Å². The molecule has 0 bridgehead atoms. The Morgan fingerprint density at radius 1 is 1.57 bits per heavy atom. The summed E-state index contributed by atoms with van der Waals surface area (Å²) in [5.41, 5.74) is 0. The van der Waals surface area contributed by atoms with Crippen LogP contribution in [0.5, 0.6) is 0 Å². The Morgan fingerprint density at radius 2 is 2.21 bits per heavy atom. The Balaban J connectivity index is 2.32. The van der Waals surface area contributed by atoms with Crippen molar-refractivity contribution in [2.24, 2.45) is 0 Å². The van der Waals surface area contributed by atoms with E-state index in [1.165, 1.54) is 0 Å². The second-order valence-corrected chi connectivity index (χ2v) is 2.39. The molecule has 0 aromatic rings. The van der Waals surface area contributed by atoms with Crippen LogP contribution in [-0.2, 0) is 19.0 Å². The van der Waals surface area contributed by atoms with Crippen molar-refractivity contribution in [1.82, 2.24) is 0 Å². The van der Waals surface area contributed by atoms with Crippen LogP contribution in [0.1, 0.15) is 0 Å². The summed E-state index contributed by atoms with van der Waals surface area (Å²) >= 11 is 0. The van der Waals surface area contributed by atoms with E-state index in [2.05, 4.69) is 14.2 Å². The predicted molar refractivity (Wildman–Crippen MR) is 33.2 cm³/mol. The third-order valence-electron chi connectivity index (χ3n) is 1.23. The number of rotatable bonds is 2. The number of hydrogen-bond acceptors (Lipinski definition) is 5. The van der Waals surface area contributed by atoms with Crippen LogP contribution in [0.25, 0.3) is 0 Å². The molecule has 1 atom stereocenters. The smallest absolute Gasteiger partial charge is 0.453 e. The van der Waals surface area contributed by atoms with E-state index in [0.717, 1.165) is 0 Å². The number of hydrogen-bond donors (Lipinski definition) is 0. The van der Waals surface area contributed by atoms with Gasteiger partial charge in [0.25, 0.3) is 0 Å². The van der Waals surface area contributed by atoms with Gasteiger partial charge in [-0.05, 0) is 0 Å². The zero-order chi connectivity index (χ0) is 10.8. The van der Waals surface area contributed by atoms with Gasteiger partial charge < -0.3 is 14.2 Å². The lowest BCUT2D eigenvalue weighted by atomic mass is 10.4. The molecule has 0 radical (unpaired) electrons. The lowest BCUT2D eigenvalue weighted by molar-refractivity contribution is -0.190. The maximum Gasteiger partial charge on any atom is 0.509 e. The first kappa shape index (κ1) is 10.6. The van der Waals surface area contributed by atoms with Crippen LogP contribution in [0.4, 0.5) is 18.0 Å². The second-order valence-electron chi connectivity index (χ2n) is 2.39. The molecule has 1 aliphatic rings. The van der Waals surface area contributed by atoms with Crippen molar-refractivity contribution in [3.63, 3.8) is 0 Å². The molecule has 0 amide bonds. The van der Waals surface area contributed by atoms with Gasteiger partial charge in [-0.1, -0.05) is 0 Å². The van der Waals surface area contributed by atoms with Gasteiger partial charge in [0.1, 0.15) is 6.61 Å². The van der Waals surface area contributed by atoms with Crippen LogP contribution < -0.4 is 0 Å². The molecule has 0 aromatic carbocycles. The Bertz CT molecular complexity index is 248. The SMILES string of the molecule is O=C1OCC(C(=O)OCC(F)(F)F)O1. The van der Waals surface area contributed by atoms with Gasteiger partial charge in [-0.25, -0.2) is 9.59 Å². The highest BCUT2D eigenvalue weighted by Gasteiger charge is 2.36. The maximum absolute atomic E-state index is 11.6. The van der Waals surface area contributed by atoms with Crippen molar-refractivity contribution in [3.05, 3.63) is 0 Å². The van der Waals surface area contributed by atoms with Crippen molar-refractivity contribution in [3.8, 4) is 0 Å². The number of carbonyl (C=O) groups is 2. The molecule has 0 spiro atoms. The van der Waals surface area contributed by atoms with E-state index in [0.29, 0.717) is 0 Å². The molecule has 0 N–H and O–H groups in total. The highest BCUT2D eigenvalue weighted by atomic mass is 19.4. The minimum absolute atomic E-state index is 0.421. The average Bonchev–Trinajstić information content (AvgIpc) is 2.46. The molecule has 0 aromatic heterocycles. The first-order valence-electron chi connectivity index (χ1n) is 3.45. The van der Waals surface area contributed by atoms with E-state index >= 15 is 0 Å². The number of carbonyl (C=O) groups excluding carboxylic acids is 2. The van der Waals surface area contributed by atoms with Crippen LogP contribution in [0, 0.1) is 0 Å². The van der Waals surface area contributed by atoms with Crippen molar-refractivity contribution in [1.29, 1.82) is 0 Å². The molecular formula is C6H5F3O5. The number of cyclic esters (lactones) is 2. The third kappa shape index (κ3) is 3.11. The minimum atomic E-state index is -4.60. The van der Waals surface area contributed by atoms with Gasteiger partial charge in [-0.3, -0.25) is 0 Å². The molecule has 1 heterocycles. The van der Waals surface area contributed by atoms with Crippen molar-refractivity contribution >= 4 is 12.1 Å².